The molecule has 20 heavy (non-hydrogen) atoms. The molecule has 2 rings (SSSR count). The average molecular weight is 273 g/mol. The fraction of sp³-hybridized carbons (Fsp3) is 0.400. The van der Waals surface area contributed by atoms with Gasteiger partial charge >= 0.3 is 0 Å². The number of carbonyl (C=O) groups is 1. The van der Waals surface area contributed by atoms with Gasteiger partial charge in [-0.25, -0.2) is 0 Å². The van der Waals surface area contributed by atoms with Crippen LogP contribution in [0.4, 0.5) is 0 Å². The number of nitrogens with zero attached hydrogens (tertiary/aromatic N) is 3. The summed E-state index contributed by atoms with van der Waals surface area (Å²) in [5, 5.41) is 4.22. The standard InChI is InChI=1S/C15H19N3O2/c1-9(2)18-14(12(20-5)8-17-18)15(19)13-11(4)6-10(3)7-16-13/h6-9H,1-5H3. The van der Waals surface area contributed by atoms with Gasteiger partial charge in [-0.3, -0.25) is 14.5 Å². The Morgan fingerprint density at radius 3 is 2.55 bits per heavy atom. The van der Waals surface area contributed by atoms with E-state index in [4.69, 9.17) is 4.74 Å². The molecule has 0 aliphatic carbocycles. The summed E-state index contributed by atoms with van der Waals surface area (Å²) in [5.41, 5.74) is 2.77. The van der Waals surface area contributed by atoms with E-state index in [0.717, 1.165) is 11.1 Å². The van der Waals surface area contributed by atoms with Crippen molar-refractivity contribution in [2.45, 2.75) is 33.7 Å². The first-order valence-corrected chi connectivity index (χ1v) is 6.55. The molecule has 0 fully saturated rings. The SMILES string of the molecule is COc1cnn(C(C)C)c1C(=O)c1ncc(C)cc1C. The summed E-state index contributed by atoms with van der Waals surface area (Å²) in [5.74, 6) is 0.316. The first-order chi connectivity index (χ1) is 9.45. The molecule has 0 saturated heterocycles. The van der Waals surface area contributed by atoms with Crippen molar-refractivity contribution in [3.63, 3.8) is 0 Å². The van der Waals surface area contributed by atoms with Crippen LogP contribution in [-0.4, -0.2) is 27.7 Å². The smallest absolute Gasteiger partial charge is 0.233 e. The van der Waals surface area contributed by atoms with Crippen molar-refractivity contribution in [3.05, 3.63) is 41.0 Å². The number of rotatable bonds is 4. The van der Waals surface area contributed by atoms with Crippen LogP contribution in [-0.2, 0) is 0 Å². The minimum absolute atomic E-state index is 0.0728. The minimum Gasteiger partial charge on any atom is -0.493 e. The molecule has 2 aromatic rings. The van der Waals surface area contributed by atoms with E-state index in [1.165, 1.54) is 7.11 Å². The second-order valence-corrected chi connectivity index (χ2v) is 5.11. The monoisotopic (exact) mass is 273 g/mol. The summed E-state index contributed by atoms with van der Waals surface area (Å²) >= 11 is 0. The summed E-state index contributed by atoms with van der Waals surface area (Å²) in [4.78, 5) is 17.0. The highest BCUT2D eigenvalue weighted by atomic mass is 16.5. The Labute approximate surface area is 118 Å². The largest absolute Gasteiger partial charge is 0.493 e. The molecule has 0 aliphatic heterocycles. The third-order valence-corrected chi connectivity index (χ3v) is 3.12. The number of ketones is 1. The van der Waals surface area contributed by atoms with E-state index in [1.54, 1.807) is 17.1 Å². The van der Waals surface area contributed by atoms with E-state index >= 15 is 0 Å². The van der Waals surface area contributed by atoms with Crippen LogP contribution in [0.15, 0.2) is 18.5 Å². The maximum Gasteiger partial charge on any atom is 0.233 e. The predicted molar refractivity (Wildman–Crippen MR) is 76.3 cm³/mol. The molecule has 0 amide bonds. The van der Waals surface area contributed by atoms with Gasteiger partial charge in [-0.05, 0) is 38.8 Å². The van der Waals surface area contributed by atoms with Gasteiger partial charge in [-0.2, -0.15) is 5.10 Å². The van der Waals surface area contributed by atoms with E-state index in [9.17, 15) is 4.79 Å². The first-order valence-electron chi connectivity index (χ1n) is 6.55. The Kier molecular flexibility index (Phi) is 3.88. The molecule has 0 N–H and O–H groups in total. The van der Waals surface area contributed by atoms with Crippen LogP contribution < -0.4 is 4.74 Å². The molecule has 0 unspecified atom stereocenters. The van der Waals surface area contributed by atoms with Crippen LogP contribution in [0.25, 0.3) is 0 Å². The molecular weight excluding hydrogens is 254 g/mol. The Bertz CT molecular complexity index is 645. The lowest BCUT2D eigenvalue weighted by molar-refractivity contribution is 0.101. The summed E-state index contributed by atoms with van der Waals surface area (Å²) in [7, 11) is 1.54. The second kappa shape index (κ2) is 5.45. The molecule has 106 valence electrons. The molecule has 0 bridgehead atoms. The summed E-state index contributed by atoms with van der Waals surface area (Å²) < 4.78 is 6.92. The highest BCUT2D eigenvalue weighted by Crippen LogP contribution is 2.24. The maximum atomic E-state index is 12.7. The summed E-state index contributed by atoms with van der Waals surface area (Å²) in [6.07, 6.45) is 3.26. The van der Waals surface area contributed by atoms with Gasteiger partial charge in [0.25, 0.3) is 0 Å². The zero-order chi connectivity index (χ0) is 14.9. The lowest BCUT2D eigenvalue weighted by Crippen LogP contribution is -2.16. The second-order valence-electron chi connectivity index (χ2n) is 5.11. The molecule has 0 aromatic carbocycles. The van der Waals surface area contributed by atoms with Gasteiger partial charge in [0, 0.05) is 12.2 Å². The number of pyridine rings is 1. The molecule has 0 saturated carbocycles. The van der Waals surface area contributed by atoms with Crippen molar-refractivity contribution in [3.8, 4) is 5.75 Å². The van der Waals surface area contributed by atoms with Crippen molar-refractivity contribution < 1.29 is 9.53 Å². The lowest BCUT2D eigenvalue weighted by Gasteiger charge is -2.12. The van der Waals surface area contributed by atoms with Gasteiger partial charge in [-0.15, -0.1) is 0 Å². The molecule has 2 aromatic heterocycles. The van der Waals surface area contributed by atoms with Crippen LogP contribution in [0.2, 0.25) is 0 Å². The third-order valence-electron chi connectivity index (χ3n) is 3.12. The Hall–Kier alpha value is -2.17. The molecule has 0 aliphatic rings. The van der Waals surface area contributed by atoms with Crippen LogP contribution in [0.5, 0.6) is 5.75 Å². The normalized spacial score (nSPS) is 10.9. The molecule has 2 heterocycles. The van der Waals surface area contributed by atoms with Gasteiger partial charge in [0.15, 0.2) is 11.4 Å². The van der Waals surface area contributed by atoms with Gasteiger partial charge in [0.2, 0.25) is 5.78 Å². The van der Waals surface area contributed by atoms with Crippen molar-refractivity contribution in [1.82, 2.24) is 14.8 Å². The van der Waals surface area contributed by atoms with Crippen LogP contribution in [0.3, 0.4) is 0 Å². The fourth-order valence-corrected chi connectivity index (χ4v) is 2.17. The van der Waals surface area contributed by atoms with E-state index in [1.807, 2.05) is 33.8 Å². The average Bonchev–Trinajstić information content (AvgIpc) is 2.81. The highest BCUT2D eigenvalue weighted by molar-refractivity contribution is 6.09. The van der Waals surface area contributed by atoms with E-state index in [-0.39, 0.29) is 11.8 Å². The zero-order valence-corrected chi connectivity index (χ0v) is 12.5. The molecular formula is C15H19N3O2. The number of ether oxygens (including phenoxy) is 1. The molecule has 5 heteroatoms. The van der Waals surface area contributed by atoms with Crippen molar-refractivity contribution in [2.75, 3.05) is 7.11 Å². The van der Waals surface area contributed by atoms with Gasteiger partial charge in [0.1, 0.15) is 5.69 Å². The van der Waals surface area contributed by atoms with Crippen LogP contribution >= 0.6 is 0 Å². The van der Waals surface area contributed by atoms with Gasteiger partial charge in [-0.1, -0.05) is 6.07 Å². The topological polar surface area (TPSA) is 57.0 Å². The first kappa shape index (κ1) is 14.2. The van der Waals surface area contributed by atoms with E-state index < -0.39 is 0 Å². The Morgan fingerprint density at radius 2 is 2.00 bits per heavy atom. The minimum atomic E-state index is -0.162. The van der Waals surface area contributed by atoms with Crippen LogP contribution in [0.1, 0.15) is 47.2 Å². The fourth-order valence-electron chi connectivity index (χ4n) is 2.17. The van der Waals surface area contributed by atoms with Gasteiger partial charge < -0.3 is 4.74 Å². The summed E-state index contributed by atoms with van der Waals surface area (Å²) in [6.45, 7) is 7.78. The molecule has 0 atom stereocenters. The maximum absolute atomic E-state index is 12.7. The van der Waals surface area contributed by atoms with E-state index in [2.05, 4.69) is 10.1 Å². The predicted octanol–water partition coefficient (Wildman–Crippen LogP) is 2.72. The molecule has 0 radical (unpaired) electrons. The van der Waals surface area contributed by atoms with Crippen molar-refractivity contribution in [2.24, 2.45) is 0 Å². The third kappa shape index (κ3) is 2.43. The number of hydrogen-bond acceptors (Lipinski definition) is 4. The zero-order valence-electron chi connectivity index (χ0n) is 12.5. The molecule has 0 spiro atoms. The van der Waals surface area contributed by atoms with Crippen molar-refractivity contribution in [1.29, 1.82) is 0 Å². The van der Waals surface area contributed by atoms with Gasteiger partial charge in [0.05, 0.1) is 13.3 Å². The number of aryl methyl sites for hydroxylation is 2. The van der Waals surface area contributed by atoms with E-state index in [0.29, 0.717) is 17.1 Å². The lowest BCUT2D eigenvalue weighted by atomic mass is 10.1. The number of methoxy groups -OCH3 is 1. The Balaban J connectivity index is 2.55. The summed E-state index contributed by atoms with van der Waals surface area (Å²) in [6, 6.07) is 2.02. The van der Waals surface area contributed by atoms with Crippen molar-refractivity contribution >= 4 is 5.78 Å². The number of hydrogen-bond donors (Lipinski definition) is 0. The van der Waals surface area contributed by atoms with Crippen LogP contribution in [0, 0.1) is 13.8 Å². The Morgan fingerprint density at radius 1 is 1.30 bits per heavy atom. The number of carbonyl (C=O) groups excluding carboxylic acids is 1. The number of aromatic nitrogens is 3. The molecule has 5 nitrogen and oxygen atoms in total. The quantitative estimate of drug-likeness (QED) is 0.804. The highest BCUT2D eigenvalue weighted by Gasteiger charge is 2.24.